The second-order valence-electron chi connectivity index (χ2n) is 12.7. The zero-order valence-corrected chi connectivity index (χ0v) is 26.5. The number of rotatable bonds is 3. The number of carbonyl (C=O) groups excluding carboxylic acids is 4. The van der Waals surface area contributed by atoms with Crippen LogP contribution in [0.25, 0.3) is 10.8 Å². The first-order valence-corrected chi connectivity index (χ1v) is 16.3. The van der Waals surface area contributed by atoms with Gasteiger partial charge < -0.3 is 5.11 Å². The predicted octanol–water partition coefficient (Wildman–Crippen LogP) is 6.59. The van der Waals surface area contributed by atoms with E-state index < -0.39 is 35.0 Å². The average Bonchev–Trinajstić information content (AvgIpc) is 3.42. The van der Waals surface area contributed by atoms with Crippen LogP contribution in [-0.4, -0.2) is 28.7 Å². The SMILES string of the molecule is CC12C(=O)N(c3ccccc3)C(=O)C1CC1C(=CCC3C(=O)N(c4ccc(I)cc4)C(=O)C31)C2c1ccc2ccccc2c1O. The van der Waals surface area contributed by atoms with Gasteiger partial charge >= 0.3 is 0 Å². The molecular formula is C37H29IN2O5. The molecule has 0 spiro atoms. The Hall–Kier alpha value is -4.31. The Morgan fingerprint density at radius 3 is 2.20 bits per heavy atom. The van der Waals surface area contributed by atoms with Crippen molar-refractivity contribution in [2.24, 2.45) is 29.1 Å². The van der Waals surface area contributed by atoms with Crippen LogP contribution in [0.4, 0.5) is 11.4 Å². The number of phenols is 1. The Morgan fingerprint density at radius 2 is 1.44 bits per heavy atom. The number of fused-ring (bicyclic) bond motifs is 5. The number of hydrogen-bond donors (Lipinski definition) is 1. The summed E-state index contributed by atoms with van der Waals surface area (Å²) in [4.78, 5) is 59.5. The Kier molecular flexibility index (Phi) is 6.33. The fourth-order valence-corrected chi connectivity index (χ4v) is 8.89. The molecule has 2 aliphatic heterocycles. The molecule has 0 bridgehead atoms. The van der Waals surface area contributed by atoms with E-state index >= 15 is 0 Å². The van der Waals surface area contributed by atoms with Crippen LogP contribution in [0.2, 0.25) is 0 Å². The molecule has 8 heteroatoms. The van der Waals surface area contributed by atoms with Crippen molar-refractivity contribution in [3.63, 3.8) is 0 Å². The Balaban J connectivity index is 1.30. The highest BCUT2D eigenvalue weighted by Crippen LogP contribution is 2.64. The van der Waals surface area contributed by atoms with E-state index in [1.807, 2.05) is 67.6 Å². The maximum Gasteiger partial charge on any atom is 0.241 e. The van der Waals surface area contributed by atoms with Crippen LogP contribution in [0.5, 0.6) is 5.75 Å². The van der Waals surface area contributed by atoms with Gasteiger partial charge in [-0.2, -0.15) is 0 Å². The van der Waals surface area contributed by atoms with Crippen molar-refractivity contribution < 1.29 is 24.3 Å². The lowest BCUT2D eigenvalue weighted by Gasteiger charge is -2.49. The van der Waals surface area contributed by atoms with Crippen LogP contribution < -0.4 is 9.80 Å². The standard InChI is InChI=1S/C37H29IN2O5/c1-37-29(34(43)40(36(37)45)22-8-3-2-4-9-22)19-28-25(31(37)27-16-11-20-7-5-6-10-24(20)32(27)41)17-18-26-30(28)35(44)39(33(26)42)23-14-12-21(38)13-15-23/h2-17,26,28-31,41H,18-19H2,1H3. The van der Waals surface area contributed by atoms with Crippen molar-refractivity contribution >= 4 is 68.4 Å². The van der Waals surface area contributed by atoms with Gasteiger partial charge in [-0.05, 0) is 90.1 Å². The molecular weight excluding hydrogens is 679 g/mol. The predicted molar refractivity (Wildman–Crippen MR) is 178 cm³/mol. The lowest BCUT2D eigenvalue weighted by atomic mass is 9.51. The zero-order chi connectivity index (χ0) is 31.2. The summed E-state index contributed by atoms with van der Waals surface area (Å²) in [5.74, 6) is -4.18. The molecule has 6 unspecified atom stereocenters. The van der Waals surface area contributed by atoms with Gasteiger partial charge in [0.1, 0.15) is 5.75 Å². The summed E-state index contributed by atoms with van der Waals surface area (Å²) in [6.45, 7) is 1.84. The summed E-state index contributed by atoms with van der Waals surface area (Å²) in [5, 5.41) is 13.3. The number of benzene rings is 4. The van der Waals surface area contributed by atoms with E-state index in [-0.39, 0.29) is 35.8 Å². The summed E-state index contributed by atoms with van der Waals surface area (Å²) >= 11 is 2.19. The minimum Gasteiger partial charge on any atom is -0.507 e. The molecule has 4 aliphatic rings. The molecule has 45 heavy (non-hydrogen) atoms. The molecule has 2 aliphatic carbocycles. The number of hydrogen-bond acceptors (Lipinski definition) is 5. The van der Waals surface area contributed by atoms with Crippen LogP contribution in [0.15, 0.2) is 103 Å². The van der Waals surface area contributed by atoms with Crippen molar-refractivity contribution in [2.75, 3.05) is 9.80 Å². The largest absolute Gasteiger partial charge is 0.507 e. The Labute approximate surface area is 273 Å². The number of anilines is 2. The Morgan fingerprint density at radius 1 is 0.756 bits per heavy atom. The summed E-state index contributed by atoms with van der Waals surface area (Å²) < 4.78 is 0.994. The molecule has 8 rings (SSSR count). The van der Waals surface area contributed by atoms with E-state index in [9.17, 15) is 24.3 Å². The number of para-hydroxylation sites is 1. The summed E-state index contributed by atoms with van der Waals surface area (Å²) in [6, 6.07) is 27.5. The molecule has 4 aromatic carbocycles. The molecule has 4 amide bonds. The first kappa shape index (κ1) is 28.2. The number of phenolic OH excluding ortho intramolecular Hbond substituents is 1. The van der Waals surface area contributed by atoms with Gasteiger partial charge in [0.15, 0.2) is 0 Å². The molecule has 7 nitrogen and oxygen atoms in total. The molecule has 224 valence electrons. The van der Waals surface area contributed by atoms with Crippen LogP contribution in [-0.2, 0) is 19.2 Å². The number of amides is 4. The first-order valence-electron chi connectivity index (χ1n) is 15.2. The third-order valence-corrected chi connectivity index (χ3v) is 11.3. The van der Waals surface area contributed by atoms with Crippen molar-refractivity contribution in [3.05, 3.63) is 112 Å². The van der Waals surface area contributed by atoms with E-state index in [1.165, 1.54) is 9.80 Å². The molecule has 2 saturated heterocycles. The number of carbonyl (C=O) groups is 4. The molecule has 0 radical (unpaired) electrons. The molecule has 0 aromatic heterocycles. The minimum atomic E-state index is -1.22. The molecule has 6 atom stereocenters. The smallest absolute Gasteiger partial charge is 0.241 e. The third-order valence-electron chi connectivity index (χ3n) is 10.6. The van der Waals surface area contributed by atoms with Gasteiger partial charge in [-0.15, -0.1) is 0 Å². The number of halogens is 1. The highest BCUT2D eigenvalue weighted by molar-refractivity contribution is 14.1. The van der Waals surface area contributed by atoms with Gasteiger partial charge in [0, 0.05) is 20.4 Å². The topological polar surface area (TPSA) is 95.0 Å². The molecule has 1 N–H and O–H groups in total. The highest BCUT2D eigenvalue weighted by Gasteiger charge is 2.68. The normalized spacial score (nSPS) is 29.1. The van der Waals surface area contributed by atoms with Gasteiger partial charge in [-0.1, -0.05) is 66.2 Å². The van der Waals surface area contributed by atoms with Gasteiger partial charge in [-0.3, -0.25) is 24.1 Å². The number of imide groups is 2. The summed E-state index contributed by atoms with van der Waals surface area (Å²) in [7, 11) is 0. The fourth-order valence-electron chi connectivity index (χ4n) is 8.53. The lowest BCUT2D eigenvalue weighted by Crippen LogP contribution is -2.48. The van der Waals surface area contributed by atoms with Crippen molar-refractivity contribution in [1.29, 1.82) is 0 Å². The van der Waals surface area contributed by atoms with Crippen LogP contribution >= 0.6 is 22.6 Å². The first-order chi connectivity index (χ1) is 21.7. The molecule has 1 saturated carbocycles. The Bertz CT molecular complexity index is 1970. The molecule has 2 heterocycles. The van der Waals surface area contributed by atoms with Gasteiger partial charge in [0.25, 0.3) is 0 Å². The van der Waals surface area contributed by atoms with Gasteiger partial charge in [0.2, 0.25) is 23.6 Å². The maximum atomic E-state index is 14.6. The zero-order valence-electron chi connectivity index (χ0n) is 24.4. The monoisotopic (exact) mass is 708 g/mol. The third kappa shape index (κ3) is 3.87. The van der Waals surface area contributed by atoms with E-state index in [4.69, 9.17) is 0 Å². The molecule has 4 aromatic rings. The summed E-state index contributed by atoms with van der Waals surface area (Å²) in [5.41, 5.74) is 1.22. The van der Waals surface area contributed by atoms with E-state index in [2.05, 4.69) is 22.6 Å². The fraction of sp³-hybridized carbons (Fsp3) is 0.243. The van der Waals surface area contributed by atoms with Crippen molar-refractivity contribution in [2.45, 2.75) is 25.7 Å². The second kappa shape index (κ2) is 10.1. The number of allylic oxidation sites excluding steroid dienone is 2. The van der Waals surface area contributed by atoms with Gasteiger partial charge in [0.05, 0.1) is 34.5 Å². The number of nitrogens with zero attached hydrogens (tertiary/aromatic N) is 2. The average molecular weight is 709 g/mol. The van der Waals surface area contributed by atoms with Crippen molar-refractivity contribution in [1.82, 2.24) is 0 Å². The van der Waals surface area contributed by atoms with Crippen LogP contribution in [0, 0.1) is 32.7 Å². The maximum absolute atomic E-state index is 14.6. The van der Waals surface area contributed by atoms with E-state index in [0.717, 1.165) is 14.5 Å². The van der Waals surface area contributed by atoms with Crippen LogP contribution in [0.3, 0.4) is 0 Å². The minimum absolute atomic E-state index is 0.0644. The summed E-state index contributed by atoms with van der Waals surface area (Å²) in [6.07, 6.45) is 2.62. The number of aromatic hydroxyl groups is 1. The van der Waals surface area contributed by atoms with Crippen molar-refractivity contribution in [3.8, 4) is 5.75 Å². The quantitative estimate of drug-likeness (QED) is 0.147. The lowest BCUT2D eigenvalue weighted by molar-refractivity contribution is -0.131. The van der Waals surface area contributed by atoms with Gasteiger partial charge in [-0.25, -0.2) is 4.90 Å². The van der Waals surface area contributed by atoms with E-state index in [0.29, 0.717) is 28.7 Å². The van der Waals surface area contributed by atoms with E-state index in [1.54, 1.807) is 36.4 Å². The highest BCUT2D eigenvalue weighted by atomic mass is 127. The van der Waals surface area contributed by atoms with Crippen LogP contribution in [0.1, 0.15) is 31.2 Å². The second-order valence-corrected chi connectivity index (χ2v) is 14.0. The molecule has 3 fully saturated rings.